The van der Waals surface area contributed by atoms with E-state index >= 15 is 0 Å². The lowest BCUT2D eigenvalue weighted by molar-refractivity contribution is 0.657. The molecule has 0 fully saturated rings. The van der Waals surface area contributed by atoms with Gasteiger partial charge < -0.3 is 5.32 Å². The second-order valence-electron chi connectivity index (χ2n) is 4.46. The molecule has 1 N–H and O–H groups in total. The third-order valence-corrected chi connectivity index (χ3v) is 3.87. The van der Waals surface area contributed by atoms with E-state index < -0.39 is 0 Å². The molecule has 0 spiro atoms. The summed E-state index contributed by atoms with van der Waals surface area (Å²) >= 11 is 1.65. The Kier molecular flexibility index (Phi) is 3.35. The first-order chi connectivity index (χ1) is 9.31. The number of aryl methyl sites for hydroxylation is 1. The molecule has 100 valence electrons. The molecule has 0 atom stereocenters. The van der Waals surface area contributed by atoms with Crippen LogP contribution in [0.2, 0.25) is 0 Å². The molecule has 3 rings (SSSR count). The van der Waals surface area contributed by atoms with Gasteiger partial charge >= 0.3 is 0 Å². The van der Waals surface area contributed by atoms with Gasteiger partial charge in [-0.25, -0.2) is 9.97 Å². The summed E-state index contributed by atoms with van der Waals surface area (Å²) in [6, 6.07) is 0. The van der Waals surface area contributed by atoms with E-state index in [4.69, 9.17) is 4.98 Å². The Balaban J connectivity index is 2.05. The lowest BCUT2D eigenvalue weighted by atomic mass is 10.4. The maximum atomic E-state index is 4.72. The Morgan fingerprint density at radius 1 is 1.37 bits per heavy atom. The second-order valence-corrected chi connectivity index (χ2v) is 5.33. The number of nitrogens with one attached hydrogen (secondary N) is 1. The average molecular weight is 275 g/mol. The van der Waals surface area contributed by atoms with Crippen molar-refractivity contribution in [2.45, 2.75) is 26.8 Å². The Labute approximate surface area is 115 Å². The zero-order valence-electron chi connectivity index (χ0n) is 11.1. The van der Waals surface area contributed by atoms with Gasteiger partial charge in [-0.2, -0.15) is 0 Å². The van der Waals surface area contributed by atoms with Crippen LogP contribution in [0, 0.1) is 6.92 Å². The van der Waals surface area contributed by atoms with Crippen LogP contribution in [0.1, 0.15) is 24.9 Å². The van der Waals surface area contributed by atoms with E-state index in [1.807, 2.05) is 23.9 Å². The molecule has 0 saturated heterocycles. The van der Waals surface area contributed by atoms with Gasteiger partial charge in [0, 0.05) is 30.5 Å². The minimum atomic E-state index is 0.818. The molecular formula is C13H17N5S. The van der Waals surface area contributed by atoms with Crippen molar-refractivity contribution in [3.63, 3.8) is 0 Å². The summed E-state index contributed by atoms with van der Waals surface area (Å²) in [7, 11) is 0. The molecule has 5 nitrogen and oxygen atoms in total. The normalized spacial score (nSPS) is 11.5. The Bertz CT molecular complexity index is 678. The van der Waals surface area contributed by atoms with Crippen molar-refractivity contribution in [1.29, 1.82) is 0 Å². The molecule has 6 heteroatoms. The molecular weight excluding hydrogens is 258 g/mol. The summed E-state index contributed by atoms with van der Waals surface area (Å²) in [5, 5.41) is 5.52. The highest BCUT2D eigenvalue weighted by Crippen LogP contribution is 2.21. The molecule has 0 aliphatic heterocycles. The number of aromatic nitrogens is 4. The molecule has 3 aromatic heterocycles. The summed E-state index contributed by atoms with van der Waals surface area (Å²) in [4.78, 5) is 10.0. The molecule has 19 heavy (non-hydrogen) atoms. The Morgan fingerprint density at radius 2 is 2.26 bits per heavy atom. The second kappa shape index (κ2) is 5.14. The summed E-state index contributed by atoms with van der Waals surface area (Å²) in [6.07, 6.45) is 6.98. The van der Waals surface area contributed by atoms with E-state index in [0.717, 1.165) is 36.1 Å². The largest absolute Gasteiger partial charge is 0.311 e. The smallest absolute Gasteiger partial charge is 0.195 e. The fourth-order valence-corrected chi connectivity index (χ4v) is 2.89. The fourth-order valence-electron chi connectivity index (χ4n) is 2.16. The number of thiazole rings is 1. The third-order valence-electron chi connectivity index (χ3n) is 3.11. The van der Waals surface area contributed by atoms with Gasteiger partial charge in [-0.15, -0.1) is 11.3 Å². The van der Waals surface area contributed by atoms with Gasteiger partial charge in [-0.05, 0) is 19.9 Å². The topological polar surface area (TPSA) is 47.2 Å². The van der Waals surface area contributed by atoms with Crippen molar-refractivity contribution in [3.8, 4) is 5.82 Å². The summed E-state index contributed by atoms with van der Waals surface area (Å²) in [5.41, 5.74) is 1.19. The van der Waals surface area contributed by atoms with Crippen LogP contribution in [0.25, 0.3) is 10.8 Å². The first-order valence-corrected chi connectivity index (χ1v) is 7.34. The molecule has 0 unspecified atom stereocenters. The van der Waals surface area contributed by atoms with Crippen LogP contribution in [0.3, 0.4) is 0 Å². The van der Waals surface area contributed by atoms with E-state index in [0.29, 0.717) is 0 Å². The van der Waals surface area contributed by atoms with Crippen molar-refractivity contribution in [2.24, 2.45) is 0 Å². The first kappa shape index (κ1) is 12.4. The molecule has 0 bridgehead atoms. The van der Waals surface area contributed by atoms with Crippen LogP contribution >= 0.6 is 11.3 Å². The van der Waals surface area contributed by atoms with Crippen LogP contribution < -0.4 is 5.32 Å². The van der Waals surface area contributed by atoms with E-state index in [9.17, 15) is 0 Å². The molecule has 0 aliphatic carbocycles. The predicted octanol–water partition coefficient (Wildman–Crippen LogP) is 2.39. The number of fused-ring (bicyclic) bond motifs is 1. The number of rotatable bonds is 5. The van der Waals surface area contributed by atoms with Crippen LogP contribution in [0.15, 0.2) is 24.0 Å². The van der Waals surface area contributed by atoms with Crippen molar-refractivity contribution in [3.05, 3.63) is 35.5 Å². The number of hydrogen-bond donors (Lipinski definition) is 1. The van der Waals surface area contributed by atoms with E-state index in [1.54, 1.807) is 11.3 Å². The van der Waals surface area contributed by atoms with Gasteiger partial charge in [0.15, 0.2) is 10.8 Å². The van der Waals surface area contributed by atoms with Gasteiger partial charge in [0.1, 0.15) is 5.82 Å². The maximum Gasteiger partial charge on any atom is 0.195 e. The third kappa shape index (κ3) is 2.17. The summed E-state index contributed by atoms with van der Waals surface area (Å²) in [6.45, 7) is 6.00. The van der Waals surface area contributed by atoms with Crippen LogP contribution in [-0.4, -0.2) is 25.5 Å². The highest BCUT2D eigenvalue weighted by Gasteiger charge is 2.15. The SMILES string of the molecule is CCCNCc1c(-n2ccnc2C)nc2sccn12. The van der Waals surface area contributed by atoms with Crippen LogP contribution in [0.5, 0.6) is 0 Å². The first-order valence-electron chi connectivity index (χ1n) is 6.46. The monoisotopic (exact) mass is 275 g/mol. The zero-order chi connectivity index (χ0) is 13.2. The molecule has 0 saturated carbocycles. The lowest BCUT2D eigenvalue weighted by Crippen LogP contribution is -2.16. The van der Waals surface area contributed by atoms with Gasteiger partial charge in [0.2, 0.25) is 0 Å². The number of nitrogens with zero attached hydrogens (tertiary/aromatic N) is 4. The highest BCUT2D eigenvalue weighted by molar-refractivity contribution is 7.15. The van der Waals surface area contributed by atoms with Crippen LogP contribution in [-0.2, 0) is 6.54 Å². The van der Waals surface area contributed by atoms with Gasteiger partial charge in [0.25, 0.3) is 0 Å². The Hall–Kier alpha value is -1.66. The van der Waals surface area contributed by atoms with Crippen molar-refractivity contribution in [1.82, 2.24) is 24.3 Å². The van der Waals surface area contributed by atoms with Gasteiger partial charge in [-0.1, -0.05) is 6.92 Å². The van der Waals surface area contributed by atoms with Gasteiger partial charge in [-0.3, -0.25) is 8.97 Å². The molecule has 0 amide bonds. The van der Waals surface area contributed by atoms with Crippen molar-refractivity contribution >= 4 is 16.3 Å². The highest BCUT2D eigenvalue weighted by atomic mass is 32.1. The summed E-state index contributed by atoms with van der Waals surface area (Å²) < 4.78 is 4.20. The predicted molar refractivity (Wildman–Crippen MR) is 76.9 cm³/mol. The Morgan fingerprint density at radius 3 is 3.00 bits per heavy atom. The molecule has 0 aromatic carbocycles. The molecule has 0 radical (unpaired) electrons. The molecule has 0 aliphatic rings. The molecule has 3 aromatic rings. The lowest BCUT2D eigenvalue weighted by Gasteiger charge is -2.07. The van der Waals surface area contributed by atoms with Crippen molar-refractivity contribution < 1.29 is 0 Å². The number of imidazole rings is 2. The minimum Gasteiger partial charge on any atom is -0.311 e. The van der Waals surface area contributed by atoms with Crippen molar-refractivity contribution in [2.75, 3.05) is 6.54 Å². The number of hydrogen-bond acceptors (Lipinski definition) is 4. The zero-order valence-corrected chi connectivity index (χ0v) is 11.9. The maximum absolute atomic E-state index is 4.72. The standard InChI is InChI=1S/C13H17N5S/c1-3-4-14-9-11-12(17-6-5-15-10(17)2)16-13-18(11)7-8-19-13/h5-8,14H,3-4,9H2,1-2H3. The van der Waals surface area contributed by atoms with E-state index in [2.05, 4.69) is 33.2 Å². The van der Waals surface area contributed by atoms with Crippen LogP contribution in [0.4, 0.5) is 0 Å². The quantitative estimate of drug-likeness (QED) is 0.727. The van der Waals surface area contributed by atoms with E-state index in [1.165, 1.54) is 5.69 Å². The average Bonchev–Trinajstić information content (AvgIpc) is 3.06. The summed E-state index contributed by atoms with van der Waals surface area (Å²) in [5.74, 6) is 1.94. The van der Waals surface area contributed by atoms with E-state index in [-0.39, 0.29) is 0 Å². The minimum absolute atomic E-state index is 0.818. The fraction of sp³-hybridized carbons (Fsp3) is 0.385. The van der Waals surface area contributed by atoms with Gasteiger partial charge in [0.05, 0.1) is 5.69 Å². The molecule has 3 heterocycles.